The average molecular weight is 629 g/mol. The van der Waals surface area contributed by atoms with Crippen LogP contribution in [0.2, 0.25) is 0 Å². The number of halogens is 1. The summed E-state index contributed by atoms with van der Waals surface area (Å²) in [5.41, 5.74) is 6.48. The first kappa shape index (κ1) is 32.1. The number of carbonyl (C=O) groups excluding carboxylic acids is 2. The number of hydrogen-bond acceptors (Lipinski definition) is 6. The molecule has 3 heterocycles. The van der Waals surface area contributed by atoms with E-state index in [1.807, 2.05) is 93.8 Å². The molecule has 2 N–H and O–H groups in total. The minimum Gasteiger partial charge on any atom is -0.497 e. The van der Waals surface area contributed by atoms with Crippen LogP contribution in [0.4, 0.5) is 5.69 Å². The number of aryl methyl sites for hydroxylation is 2. The Hall–Kier alpha value is -4.27. The zero-order valence-electron chi connectivity index (χ0n) is 26.2. The van der Waals surface area contributed by atoms with Gasteiger partial charge < -0.3 is 29.6 Å². The summed E-state index contributed by atoms with van der Waals surface area (Å²) < 4.78 is 13.1. The molecule has 45 heavy (non-hydrogen) atoms. The molecule has 8 nitrogen and oxygen atoms in total. The number of carbonyl (C=O) groups is 2. The average Bonchev–Trinajstić information content (AvgIpc) is 3.60. The van der Waals surface area contributed by atoms with Crippen molar-refractivity contribution in [2.24, 2.45) is 7.05 Å². The van der Waals surface area contributed by atoms with Crippen LogP contribution in [0.15, 0.2) is 79.0 Å². The second-order valence-corrected chi connectivity index (χ2v) is 12.0. The molecule has 2 bridgehead atoms. The van der Waals surface area contributed by atoms with Crippen molar-refractivity contribution in [3.05, 3.63) is 107 Å². The van der Waals surface area contributed by atoms with Crippen LogP contribution in [0.1, 0.15) is 63.3 Å². The van der Waals surface area contributed by atoms with E-state index in [-0.39, 0.29) is 31.0 Å². The normalized spacial score (nSPS) is 17.7. The Morgan fingerprint density at radius 2 is 1.73 bits per heavy atom. The number of aromatic nitrogens is 1. The Bertz CT molecular complexity index is 1660. The Morgan fingerprint density at radius 3 is 2.44 bits per heavy atom. The lowest BCUT2D eigenvalue weighted by Gasteiger charge is -2.35. The van der Waals surface area contributed by atoms with Gasteiger partial charge in [0.2, 0.25) is 0 Å². The highest BCUT2D eigenvalue weighted by Crippen LogP contribution is 2.33. The van der Waals surface area contributed by atoms with Gasteiger partial charge in [0.05, 0.1) is 13.2 Å². The van der Waals surface area contributed by atoms with E-state index in [4.69, 9.17) is 9.47 Å². The van der Waals surface area contributed by atoms with E-state index in [0.29, 0.717) is 29.1 Å². The highest BCUT2D eigenvalue weighted by molar-refractivity contribution is 5.97. The zero-order chi connectivity index (χ0) is 30.8. The van der Waals surface area contributed by atoms with Crippen molar-refractivity contribution >= 4 is 30.0 Å². The van der Waals surface area contributed by atoms with Gasteiger partial charge >= 0.3 is 5.97 Å². The molecule has 1 aromatic heterocycles. The zero-order valence-corrected chi connectivity index (χ0v) is 27.0. The summed E-state index contributed by atoms with van der Waals surface area (Å²) in [5, 5.41) is 6.88. The maximum Gasteiger partial charge on any atom is 0.355 e. The van der Waals surface area contributed by atoms with Crippen molar-refractivity contribution in [3.8, 4) is 16.9 Å². The van der Waals surface area contributed by atoms with Crippen LogP contribution in [-0.4, -0.2) is 48.7 Å². The molecule has 4 aromatic rings. The van der Waals surface area contributed by atoms with Crippen molar-refractivity contribution < 1.29 is 19.1 Å². The van der Waals surface area contributed by atoms with Gasteiger partial charge in [0, 0.05) is 55.2 Å². The van der Waals surface area contributed by atoms with Crippen molar-refractivity contribution in [1.29, 1.82) is 0 Å². The smallest absolute Gasteiger partial charge is 0.355 e. The number of hydrogen-bond donors (Lipinski definition) is 2. The monoisotopic (exact) mass is 628 g/mol. The van der Waals surface area contributed by atoms with E-state index in [1.165, 1.54) is 12.8 Å². The standard InChI is InChI=1S/C36H40N4O4.ClH/c1-23-10-13-30(40-20-28-11-12-29(21-40)38-28)19-33(23)35(41)37-24(2)26-16-27(18-31(17-26)43-4)32-14-15-39(3)34(32)36(42)44-22-25-8-6-5-7-9-25;/h5-10,13-19,24,28-29,38H,11-12,20-22H2,1-4H3,(H,37,41);1H/t24-,28-,29+;/m1./s1. The summed E-state index contributed by atoms with van der Waals surface area (Å²) in [7, 11) is 3.44. The molecule has 3 aromatic carbocycles. The van der Waals surface area contributed by atoms with Crippen molar-refractivity contribution in [2.75, 3.05) is 25.1 Å². The number of rotatable bonds is 9. The van der Waals surface area contributed by atoms with Gasteiger partial charge in [-0.2, -0.15) is 0 Å². The highest BCUT2D eigenvalue weighted by atomic mass is 35.5. The van der Waals surface area contributed by atoms with Gasteiger partial charge in [0.25, 0.3) is 5.91 Å². The maximum atomic E-state index is 13.6. The van der Waals surface area contributed by atoms with Gasteiger partial charge in [-0.05, 0) is 85.3 Å². The predicted molar refractivity (Wildman–Crippen MR) is 179 cm³/mol. The molecule has 1 amide bonds. The van der Waals surface area contributed by atoms with Gasteiger partial charge in [0.1, 0.15) is 18.1 Å². The fourth-order valence-electron chi connectivity index (χ4n) is 6.37. The molecule has 2 aliphatic heterocycles. The molecular weight excluding hydrogens is 588 g/mol. The van der Waals surface area contributed by atoms with Crippen LogP contribution in [-0.2, 0) is 18.4 Å². The number of anilines is 1. The van der Waals surface area contributed by atoms with Gasteiger partial charge in [-0.3, -0.25) is 4.79 Å². The molecule has 6 rings (SSSR count). The number of fused-ring (bicyclic) bond motifs is 2. The minimum absolute atomic E-state index is 0. The first-order valence-corrected chi connectivity index (χ1v) is 15.3. The molecule has 2 aliphatic rings. The Morgan fingerprint density at radius 1 is 1.00 bits per heavy atom. The van der Waals surface area contributed by atoms with Crippen LogP contribution in [0, 0.1) is 6.92 Å². The van der Waals surface area contributed by atoms with E-state index < -0.39 is 5.97 Å². The van der Waals surface area contributed by atoms with E-state index in [0.717, 1.165) is 46.6 Å². The third-order valence-corrected chi connectivity index (χ3v) is 8.85. The summed E-state index contributed by atoms with van der Waals surface area (Å²) in [6, 6.07) is 24.2. The SMILES string of the molecule is COc1cc(-c2ccn(C)c2C(=O)OCc2ccccc2)cc([C@@H](C)NC(=O)c2cc(N3C[C@H]4CC[C@@H](C3)N4)ccc2C)c1.Cl. The van der Waals surface area contributed by atoms with E-state index in [1.54, 1.807) is 11.7 Å². The van der Waals surface area contributed by atoms with Crippen LogP contribution >= 0.6 is 12.4 Å². The quantitative estimate of drug-likeness (QED) is 0.214. The summed E-state index contributed by atoms with van der Waals surface area (Å²) in [5.74, 6) is 0.108. The molecule has 2 fully saturated rings. The summed E-state index contributed by atoms with van der Waals surface area (Å²) in [6.07, 6.45) is 4.26. The summed E-state index contributed by atoms with van der Waals surface area (Å²) in [4.78, 5) is 29.3. The molecule has 0 aliphatic carbocycles. The Kier molecular flexibility index (Phi) is 9.85. The second kappa shape index (κ2) is 13.8. The highest BCUT2D eigenvalue weighted by Gasteiger charge is 2.32. The summed E-state index contributed by atoms with van der Waals surface area (Å²) in [6.45, 7) is 6.05. The lowest BCUT2D eigenvalue weighted by Crippen LogP contribution is -2.51. The topological polar surface area (TPSA) is 84.8 Å². The van der Waals surface area contributed by atoms with Crippen LogP contribution in [0.25, 0.3) is 11.1 Å². The molecular formula is C36H41ClN4O4. The first-order valence-electron chi connectivity index (χ1n) is 15.3. The molecule has 3 atom stereocenters. The molecule has 0 saturated carbocycles. The van der Waals surface area contributed by atoms with Crippen molar-refractivity contribution in [3.63, 3.8) is 0 Å². The van der Waals surface area contributed by atoms with Crippen molar-refractivity contribution in [1.82, 2.24) is 15.2 Å². The minimum atomic E-state index is -0.407. The third kappa shape index (κ3) is 7.02. The number of nitrogens with one attached hydrogen (secondary N) is 2. The third-order valence-electron chi connectivity index (χ3n) is 8.85. The maximum absolute atomic E-state index is 13.6. The fourth-order valence-corrected chi connectivity index (χ4v) is 6.37. The molecule has 236 valence electrons. The number of benzene rings is 3. The van der Waals surface area contributed by atoms with E-state index in [2.05, 4.69) is 21.6 Å². The number of ether oxygens (including phenoxy) is 2. The first-order chi connectivity index (χ1) is 21.3. The molecule has 0 radical (unpaired) electrons. The number of esters is 1. The molecule has 0 spiro atoms. The Labute approximate surface area is 271 Å². The predicted octanol–water partition coefficient (Wildman–Crippen LogP) is 6.22. The number of piperazine rings is 1. The van der Waals surface area contributed by atoms with Gasteiger partial charge in [-0.15, -0.1) is 12.4 Å². The van der Waals surface area contributed by atoms with Crippen LogP contribution in [0.5, 0.6) is 5.75 Å². The van der Waals surface area contributed by atoms with Gasteiger partial charge in [-0.1, -0.05) is 36.4 Å². The Balaban J connectivity index is 0.00000400. The largest absolute Gasteiger partial charge is 0.497 e. The second-order valence-electron chi connectivity index (χ2n) is 12.0. The van der Waals surface area contributed by atoms with Gasteiger partial charge in [-0.25, -0.2) is 4.79 Å². The number of nitrogens with zero attached hydrogens (tertiary/aromatic N) is 2. The van der Waals surface area contributed by atoms with Crippen LogP contribution in [0.3, 0.4) is 0 Å². The summed E-state index contributed by atoms with van der Waals surface area (Å²) >= 11 is 0. The number of methoxy groups -OCH3 is 1. The number of amides is 1. The lowest BCUT2D eigenvalue weighted by molar-refractivity contribution is 0.0462. The molecule has 0 unspecified atom stereocenters. The van der Waals surface area contributed by atoms with E-state index in [9.17, 15) is 9.59 Å². The molecule has 2 saturated heterocycles. The van der Waals surface area contributed by atoms with Crippen molar-refractivity contribution in [2.45, 2.75) is 51.4 Å². The fraction of sp³-hybridized carbons (Fsp3) is 0.333. The lowest BCUT2D eigenvalue weighted by atomic mass is 9.98. The molecule has 9 heteroatoms. The van der Waals surface area contributed by atoms with Crippen LogP contribution < -0.4 is 20.3 Å². The van der Waals surface area contributed by atoms with Gasteiger partial charge in [0.15, 0.2) is 0 Å². The van der Waals surface area contributed by atoms with E-state index >= 15 is 0 Å².